The Bertz CT molecular complexity index is 490. The molecule has 1 fully saturated rings. The normalized spacial score (nSPS) is 17.6. The van der Waals surface area contributed by atoms with Crippen LogP contribution < -0.4 is 5.32 Å². The highest BCUT2D eigenvalue weighted by atomic mass is 19.1. The van der Waals surface area contributed by atoms with E-state index in [1.165, 1.54) is 6.07 Å². The van der Waals surface area contributed by atoms with Crippen LogP contribution in [0.1, 0.15) is 37.8 Å². The lowest BCUT2D eigenvalue weighted by Crippen LogP contribution is -2.45. The fraction of sp³-hybridized carbons (Fsp3) is 0.600. The van der Waals surface area contributed by atoms with Gasteiger partial charge in [0.2, 0.25) is 0 Å². The summed E-state index contributed by atoms with van der Waals surface area (Å²) in [5.41, 5.74) is 0.534. The SMILES string of the molecule is CCCC[C@H](c1ccc(F)cc1[N+](=O)[O-])N1CCNCC1. The number of piperazine rings is 1. The van der Waals surface area contributed by atoms with Gasteiger partial charge in [0.05, 0.1) is 11.0 Å². The van der Waals surface area contributed by atoms with Crippen molar-refractivity contribution in [3.05, 3.63) is 39.7 Å². The Kier molecular flexibility index (Phi) is 5.64. The molecule has 1 saturated heterocycles. The summed E-state index contributed by atoms with van der Waals surface area (Å²) < 4.78 is 13.3. The largest absolute Gasteiger partial charge is 0.314 e. The minimum Gasteiger partial charge on any atom is -0.314 e. The Hall–Kier alpha value is -1.53. The molecule has 6 heteroatoms. The number of nitro benzene ring substituents is 1. The molecular formula is C15H22FN3O2. The smallest absolute Gasteiger partial charge is 0.277 e. The van der Waals surface area contributed by atoms with E-state index in [-0.39, 0.29) is 11.7 Å². The maximum atomic E-state index is 13.3. The molecular weight excluding hydrogens is 273 g/mol. The Balaban J connectivity index is 2.32. The molecule has 0 bridgehead atoms. The minimum absolute atomic E-state index is 0.00644. The number of nitrogens with zero attached hydrogens (tertiary/aromatic N) is 2. The van der Waals surface area contributed by atoms with Crippen molar-refractivity contribution < 1.29 is 9.31 Å². The third-order valence-corrected chi connectivity index (χ3v) is 3.97. The van der Waals surface area contributed by atoms with E-state index in [1.54, 1.807) is 6.07 Å². The van der Waals surface area contributed by atoms with E-state index in [4.69, 9.17) is 0 Å². The van der Waals surface area contributed by atoms with Crippen molar-refractivity contribution in [3.8, 4) is 0 Å². The lowest BCUT2D eigenvalue weighted by atomic mass is 9.97. The first-order valence-corrected chi connectivity index (χ1v) is 7.52. The van der Waals surface area contributed by atoms with Gasteiger partial charge in [-0.3, -0.25) is 15.0 Å². The number of benzene rings is 1. The third kappa shape index (κ3) is 3.98. The second-order valence-electron chi connectivity index (χ2n) is 5.40. The average Bonchev–Trinajstić information content (AvgIpc) is 2.49. The number of rotatable bonds is 6. The first kappa shape index (κ1) is 15.9. The monoisotopic (exact) mass is 295 g/mol. The van der Waals surface area contributed by atoms with Crippen LogP contribution in [0.15, 0.2) is 18.2 Å². The van der Waals surface area contributed by atoms with Gasteiger partial charge in [-0.15, -0.1) is 0 Å². The van der Waals surface area contributed by atoms with Gasteiger partial charge in [0.25, 0.3) is 5.69 Å². The summed E-state index contributed by atoms with van der Waals surface area (Å²) in [4.78, 5) is 13.0. The molecule has 5 nitrogen and oxygen atoms in total. The second kappa shape index (κ2) is 7.47. The van der Waals surface area contributed by atoms with Crippen LogP contribution in [-0.2, 0) is 0 Å². The molecule has 1 aromatic rings. The van der Waals surface area contributed by atoms with Crippen LogP contribution in [-0.4, -0.2) is 36.0 Å². The first-order valence-electron chi connectivity index (χ1n) is 7.52. The van der Waals surface area contributed by atoms with E-state index in [0.29, 0.717) is 5.56 Å². The molecule has 2 rings (SSSR count). The highest BCUT2D eigenvalue weighted by Crippen LogP contribution is 2.33. The number of halogens is 1. The molecule has 1 heterocycles. The van der Waals surface area contributed by atoms with Gasteiger partial charge in [0.15, 0.2) is 0 Å². The van der Waals surface area contributed by atoms with Gasteiger partial charge in [-0.2, -0.15) is 0 Å². The first-order chi connectivity index (χ1) is 10.1. The van der Waals surface area contributed by atoms with E-state index >= 15 is 0 Å². The van der Waals surface area contributed by atoms with E-state index in [2.05, 4.69) is 17.1 Å². The quantitative estimate of drug-likeness (QED) is 0.647. The standard InChI is InChI=1S/C15H22FN3O2/c1-2-3-4-14(18-9-7-17-8-10-18)13-6-5-12(16)11-15(13)19(20)21/h5-6,11,14,17H,2-4,7-10H2,1H3/t14-/m1/s1. The molecule has 0 aromatic heterocycles. The van der Waals surface area contributed by atoms with Crippen molar-refractivity contribution in [1.29, 1.82) is 0 Å². The van der Waals surface area contributed by atoms with Crippen molar-refractivity contribution in [1.82, 2.24) is 10.2 Å². The molecule has 1 N–H and O–H groups in total. The van der Waals surface area contributed by atoms with Gasteiger partial charge in [0, 0.05) is 37.8 Å². The molecule has 0 radical (unpaired) electrons. The van der Waals surface area contributed by atoms with Crippen LogP contribution in [0.3, 0.4) is 0 Å². The number of hydrogen-bond donors (Lipinski definition) is 1. The number of unbranched alkanes of at least 4 members (excludes halogenated alkanes) is 1. The summed E-state index contributed by atoms with van der Waals surface area (Å²) in [5.74, 6) is -0.556. The fourth-order valence-corrected chi connectivity index (χ4v) is 2.88. The Morgan fingerprint density at radius 2 is 2.14 bits per heavy atom. The molecule has 0 amide bonds. The van der Waals surface area contributed by atoms with Gasteiger partial charge >= 0.3 is 0 Å². The van der Waals surface area contributed by atoms with E-state index < -0.39 is 10.7 Å². The molecule has 0 spiro atoms. The topological polar surface area (TPSA) is 58.4 Å². The minimum atomic E-state index is -0.556. The van der Waals surface area contributed by atoms with Crippen molar-refractivity contribution in [2.24, 2.45) is 0 Å². The van der Waals surface area contributed by atoms with Gasteiger partial charge in [-0.05, 0) is 18.6 Å². The number of nitrogens with one attached hydrogen (secondary N) is 1. The van der Waals surface area contributed by atoms with Gasteiger partial charge < -0.3 is 5.32 Å². The zero-order valence-corrected chi connectivity index (χ0v) is 12.3. The maximum Gasteiger partial charge on any atom is 0.277 e. The zero-order chi connectivity index (χ0) is 15.2. The fourth-order valence-electron chi connectivity index (χ4n) is 2.88. The zero-order valence-electron chi connectivity index (χ0n) is 12.3. The van der Waals surface area contributed by atoms with Gasteiger partial charge in [-0.25, -0.2) is 4.39 Å². The Morgan fingerprint density at radius 3 is 2.76 bits per heavy atom. The maximum absolute atomic E-state index is 13.3. The Morgan fingerprint density at radius 1 is 1.43 bits per heavy atom. The molecule has 1 aliphatic rings. The van der Waals surface area contributed by atoms with Crippen LogP contribution in [0.25, 0.3) is 0 Å². The molecule has 0 aliphatic carbocycles. The van der Waals surface area contributed by atoms with Crippen molar-refractivity contribution in [2.75, 3.05) is 26.2 Å². The summed E-state index contributed by atoms with van der Waals surface area (Å²) in [7, 11) is 0. The van der Waals surface area contributed by atoms with Crippen LogP contribution in [0.4, 0.5) is 10.1 Å². The molecule has 116 valence electrons. The van der Waals surface area contributed by atoms with Crippen molar-refractivity contribution >= 4 is 5.69 Å². The molecule has 1 aromatic carbocycles. The average molecular weight is 295 g/mol. The van der Waals surface area contributed by atoms with Gasteiger partial charge in [0.1, 0.15) is 5.82 Å². The number of hydrogen-bond acceptors (Lipinski definition) is 4. The molecule has 1 atom stereocenters. The van der Waals surface area contributed by atoms with E-state index in [1.807, 2.05) is 0 Å². The van der Waals surface area contributed by atoms with Crippen molar-refractivity contribution in [2.45, 2.75) is 32.2 Å². The van der Waals surface area contributed by atoms with Crippen LogP contribution in [0, 0.1) is 15.9 Å². The number of nitro groups is 1. The second-order valence-corrected chi connectivity index (χ2v) is 5.40. The molecule has 21 heavy (non-hydrogen) atoms. The lowest BCUT2D eigenvalue weighted by Gasteiger charge is -2.35. The summed E-state index contributed by atoms with van der Waals surface area (Å²) in [6.45, 7) is 5.61. The van der Waals surface area contributed by atoms with E-state index in [9.17, 15) is 14.5 Å². The predicted octanol–water partition coefficient (Wildman–Crippen LogP) is 2.87. The van der Waals surface area contributed by atoms with Crippen LogP contribution in [0.2, 0.25) is 0 Å². The summed E-state index contributed by atoms with van der Waals surface area (Å²) >= 11 is 0. The van der Waals surface area contributed by atoms with E-state index in [0.717, 1.165) is 51.5 Å². The van der Waals surface area contributed by atoms with Crippen LogP contribution in [0.5, 0.6) is 0 Å². The van der Waals surface area contributed by atoms with Crippen LogP contribution >= 0.6 is 0 Å². The summed E-state index contributed by atoms with van der Waals surface area (Å²) in [6.07, 6.45) is 2.91. The highest BCUT2D eigenvalue weighted by molar-refractivity contribution is 5.42. The summed E-state index contributed by atoms with van der Waals surface area (Å²) in [6, 6.07) is 3.93. The third-order valence-electron chi connectivity index (χ3n) is 3.97. The molecule has 0 saturated carbocycles. The van der Waals surface area contributed by atoms with Gasteiger partial charge in [-0.1, -0.05) is 19.8 Å². The molecule has 1 aliphatic heterocycles. The predicted molar refractivity (Wildman–Crippen MR) is 79.8 cm³/mol. The molecule has 0 unspecified atom stereocenters. The highest BCUT2D eigenvalue weighted by Gasteiger charge is 2.28. The lowest BCUT2D eigenvalue weighted by molar-refractivity contribution is -0.386. The van der Waals surface area contributed by atoms with Crippen molar-refractivity contribution in [3.63, 3.8) is 0 Å². The Labute approximate surface area is 124 Å². The summed E-state index contributed by atoms with van der Waals surface area (Å²) in [5, 5.41) is 14.5.